The van der Waals surface area contributed by atoms with Gasteiger partial charge in [-0.1, -0.05) is 34.5 Å². The molecule has 1 aromatic carbocycles. The Morgan fingerprint density at radius 3 is 2.53 bits per heavy atom. The average Bonchev–Trinajstić information content (AvgIpc) is 2.63. The van der Waals surface area contributed by atoms with Crippen LogP contribution in [-0.4, -0.2) is 20.8 Å². The third-order valence-corrected chi connectivity index (χ3v) is 2.86. The fourth-order valence-corrected chi connectivity index (χ4v) is 2.10. The number of hydrogen-bond acceptors (Lipinski definition) is 3. The second-order valence-corrected chi connectivity index (χ2v) is 4.39. The van der Waals surface area contributed by atoms with Crippen molar-refractivity contribution in [2.24, 2.45) is 7.05 Å². The summed E-state index contributed by atoms with van der Waals surface area (Å²) in [6.07, 6.45) is 1.82. The molecule has 0 unspecified atom stereocenters. The zero-order chi connectivity index (χ0) is 12.4. The second kappa shape index (κ2) is 4.85. The van der Waals surface area contributed by atoms with Crippen LogP contribution in [0.15, 0.2) is 24.4 Å². The maximum atomic E-state index is 12.0. The molecule has 0 aliphatic carbocycles. The third kappa shape index (κ3) is 2.65. The van der Waals surface area contributed by atoms with Crippen LogP contribution in [0.3, 0.4) is 0 Å². The van der Waals surface area contributed by atoms with Gasteiger partial charge in [-0.25, -0.2) is 0 Å². The first-order valence-electron chi connectivity index (χ1n) is 4.90. The van der Waals surface area contributed by atoms with Gasteiger partial charge in [0.1, 0.15) is 0 Å². The zero-order valence-corrected chi connectivity index (χ0v) is 10.5. The number of aromatic nitrogens is 3. The molecule has 0 radical (unpaired) electrons. The molecule has 0 aliphatic rings. The number of Topliss-reactive ketones (excluding diaryl/α,β-unsaturated/α-hetero) is 1. The summed E-state index contributed by atoms with van der Waals surface area (Å²) < 4.78 is 1.54. The van der Waals surface area contributed by atoms with E-state index in [9.17, 15) is 4.79 Å². The summed E-state index contributed by atoms with van der Waals surface area (Å²) in [5.74, 6) is -0.166. The maximum Gasteiger partial charge on any atom is 0.171 e. The van der Waals surface area contributed by atoms with Crippen LogP contribution in [0.4, 0.5) is 0 Å². The Morgan fingerprint density at radius 1 is 1.35 bits per heavy atom. The second-order valence-electron chi connectivity index (χ2n) is 3.58. The Hall–Kier alpha value is -1.39. The number of ketones is 1. The molecule has 0 aliphatic heterocycles. The number of rotatable bonds is 3. The van der Waals surface area contributed by atoms with Crippen molar-refractivity contribution in [3.8, 4) is 0 Å². The summed E-state index contributed by atoms with van der Waals surface area (Å²) in [4.78, 5) is 12.0. The maximum absolute atomic E-state index is 12.0. The van der Waals surface area contributed by atoms with E-state index in [0.717, 1.165) is 0 Å². The van der Waals surface area contributed by atoms with E-state index in [-0.39, 0.29) is 12.2 Å². The van der Waals surface area contributed by atoms with Gasteiger partial charge in [-0.15, -0.1) is 5.10 Å². The fourth-order valence-electron chi connectivity index (χ4n) is 1.49. The number of carbonyl (C=O) groups excluding carboxylic acids is 1. The number of carbonyl (C=O) groups is 1. The van der Waals surface area contributed by atoms with Crippen molar-refractivity contribution >= 4 is 29.0 Å². The number of aryl methyl sites for hydroxylation is 1. The van der Waals surface area contributed by atoms with Crippen LogP contribution >= 0.6 is 23.2 Å². The molecule has 17 heavy (non-hydrogen) atoms. The lowest BCUT2D eigenvalue weighted by Gasteiger charge is -2.03. The average molecular weight is 270 g/mol. The molecule has 0 spiro atoms. The summed E-state index contributed by atoms with van der Waals surface area (Å²) in [6.45, 7) is 0. The van der Waals surface area contributed by atoms with Crippen molar-refractivity contribution in [3.63, 3.8) is 0 Å². The highest BCUT2D eigenvalue weighted by atomic mass is 35.5. The van der Waals surface area contributed by atoms with E-state index in [0.29, 0.717) is 21.3 Å². The van der Waals surface area contributed by atoms with Crippen LogP contribution < -0.4 is 0 Å². The quantitative estimate of drug-likeness (QED) is 0.805. The fraction of sp³-hybridized carbons (Fsp3) is 0.182. The summed E-state index contributed by atoms with van der Waals surface area (Å²) in [6, 6.07) is 4.97. The first-order chi connectivity index (χ1) is 8.08. The van der Waals surface area contributed by atoms with Gasteiger partial charge >= 0.3 is 0 Å². The van der Waals surface area contributed by atoms with Gasteiger partial charge in [0.05, 0.1) is 27.7 Å². The van der Waals surface area contributed by atoms with Gasteiger partial charge in [-0.2, -0.15) is 0 Å². The first-order valence-corrected chi connectivity index (χ1v) is 5.66. The number of nitrogens with zero attached hydrogens (tertiary/aromatic N) is 3. The SMILES string of the molecule is Cn1cc(CC(=O)c2c(Cl)cccc2Cl)nn1. The van der Waals surface area contributed by atoms with E-state index in [4.69, 9.17) is 23.2 Å². The smallest absolute Gasteiger partial charge is 0.171 e. The van der Waals surface area contributed by atoms with E-state index in [1.54, 1.807) is 31.4 Å². The predicted octanol–water partition coefficient (Wildman–Crippen LogP) is 2.55. The van der Waals surface area contributed by atoms with E-state index in [2.05, 4.69) is 10.3 Å². The molecule has 2 aromatic rings. The van der Waals surface area contributed by atoms with Crippen LogP contribution in [0.5, 0.6) is 0 Å². The van der Waals surface area contributed by atoms with Crippen molar-refractivity contribution in [1.82, 2.24) is 15.0 Å². The molecule has 0 saturated heterocycles. The molecule has 0 saturated carbocycles. The molecule has 0 N–H and O–H groups in total. The molecule has 88 valence electrons. The van der Waals surface area contributed by atoms with Crippen LogP contribution in [0, 0.1) is 0 Å². The van der Waals surface area contributed by atoms with Gasteiger partial charge in [0.2, 0.25) is 0 Å². The van der Waals surface area contributed by atoms with Crippen LogP contribution in [0.1, 0.15) is 16.1 Å². The summed E-state index contributed by atoms with van der Waals surface area (Å²) in [5, 5.41) is 8.31. The van der Waals surface area contributed by atoms with Gasteiger partial charge in [0, 0.05) is 13.2 Å². The van der Waals surface area contributed by atoms with E-state index < -0.39 is 0 Å². The number of halogens is 2. The minimum Gasteiger partial charge on any atom is -0.294 e. The molecule has 1 heterocycles. The molecule has 0 atom stereocenters. The summed E-state index contributed by atoms with van der Waals surface area (Å²) in [7, 11) is 1.74. The van der Waals surface area contributed by atoms with Gasteiger partial charge < -0.3 is 0 Å². The molecule has 0 bridgehead atoms. The molecule has 0 amide bonds. The van der Waals surface area contributed by atoms with Gasteiger partial charge in [0.25, 0.3) is 0 Å². The molecular formula is C11H9Cl2N3O. The van der Waals surface area contributed by atoms with E-state index in [1.807, 2.05) is 0 Å². The molecule has 1 aromatic heterocycles. The Kier molecular flexibility index (Phi) is 3.45. The van der Waals surface area contributed by atoms with Crippen molar-refractivity contribution in [2.45, 2.75) is 6.42 Å². The molecule has 0 fully saturated rings. The molecule has 4 nitrogen and oxygen atoms in total. The highest BCUT2D eigenvalue weighted by molar-refractivity contribution is 6.39. The van der Waals surface area contributed by atoms with E-state index in [1.165, 1.54) is 4.68 Å². The highest BCUT2D eigenvalue weighted by Crippen LogP contribution is 2.25. The lowest BCUT2D eigenvalue weighted by Crippen LogP contribution is -2.05. The minimum atomic E-state index is -0.166. The normalized spacial score (nSPS) is 10.5. The standard InChI is InChI=1S/C11H9Cl2N3O/c1-16-6-7(14-15-16)5-10(17)11-8(12)3-2-4-9(11)13/h2-4,6H,5H2,1H3. The van der Waals surface area contributed by atoms with Crippen LogP contribution in [0.25, 0.3) is 0 Å². The summed E-state index contributed by atoms with van der Waals surface area (Å²) >= 11 is 11.9. The number of benzene rings is 1. The molecule has 6 heteroatoms. The number of hydrogen-bond donors (Lipinski definition) is 0. The van der Waals surface area contributed by atoms with Crippen molar-refractivity contribution < 1.29 is 4.79 Å². The Morgan fingerprint density at radius 2 is 2.00 bits per heavy atom. The predicted molar refractivity (Wildman–Crippen MR) is 65.5 cm³/mol. The van der Waals surface area contributed by atoms with Gasteiger partial charge in [0.15, 0.2) is 5.78 Å². The lowest BCUT2D eigenvalue weighted by molar-refractivity contribution is 0.0992. The summed E-state index contributed by atoms with van der Waals surface area (Å²) in [5.41, 5.74) is 0.926. The van der Waals surface area contributed by atoms with Crippen LogP contribution in [-0.2, 0) is 13.5 Å². The largest absolute Gasteiger partial charge is 0.294 e. The Balaban J connectivity index is 2.26. The zero-order valence-electron chi connectivity index (χ0n) is 9.02. The highest BCUT2D eigenvalue weighted by Gasteiger charge is 2.16. The topological polar surface area (TPSA) is 47.8 Å². The van der Waals surface area contributed by atoms with Crippen molar-refractivity contribution in [2.75, 3.05) is 0 Å². The van der Waals surface area contributed by atoms with Crippen molar-refractivity contribution in [3.05, 3.63) is 45.7 Å². The first kappa shape index (κ1) is 12.1. The third-order valence-electron chi connectivity index (χ3n) is 2.23. The Bertz CT molecular complexity index is 545. The van der Waals surface area contributed by atoms with E-state index >= 15 is 0 Å². The minimum absolute atomic E-state index is 0.136. The molecular weight excluding hydrogens is 261 g/mol. The lowest BCUT2D eigenvalue weighted by atomic mass is 10.1. The molecule has 2 rings (SSSR count). The Labute approximate surface area is 108 Å². The van der Waals surface area contributed by atoms with Gasteiger partial charge in [-0.3, -0.25) is 9.48 Å². The monoisotopic (exact) mass is 269 g/mol. The van der Waals surface area contributed by atoms with Gasteiger partial charge in [-0.05, 0) is 12.1 Å². The van der Waals surface area contributed by atoms with Crippen molar-refractivity contribution in [1.29, 1.82) is 0 Å². The van der Waals surface area contributed by atoms with Crippen LogP contribution in [0.2, 0.25) is 10.0 Å².